The minimum absolute atomic E-state index is 0.0610. The van der Waals surface area contributed by atoms with Gasteiger partial charge in [-0.1, -0.05) is 17.7 Å². The minimum atomic E-state index is -0.613. The van der Waals surface area contributed by atoms with Crippen molar-refractivity contribution in [3.63, 3.8) is 0 Å². The van der Waals surface area contributed by atoms with Crippen molar-refractivity contribution in [1.82, 2.24) is 25.4 Å². The lowest BCUT2D eigenvalue weighted by Crippen LogP contribution is -2.42. The van der Waals surface area contributed by atoms with Crippen LogP contribution in [0.4, 0.5) is 5.69 Å². The summed E-state index contributed by atoms with van der Waals surface area (Å²) in [5.41, 5.74) is 6.49. The molecule has 3 amide bonds. The molecule has 1 aromatic carbocycles. The van der Waals surface area contributed by atoms with E-state index < -0.39 is 11.8 Å². The van der Waals surface area contributed by atoms with Crippen LogP contribution in [0.15, 0.2) is 49.1 Å². The second-order valence-corrected chi connectivity index (χ2v) is 6.58. The molecule has 3 rings (SSSR count). The topological polar surface area (TPSA) is 118 Å². The highest BCUT2D eigenvalue weighted by Gasteiger charge is 2.15. The lowest BCUT2D eigenvalue weighted by Gasteiger charge is -2.11. The largest absolute Gasteiger partial charge is 0.330 e. The van der Waals surface area contributed by atoms with Crippen molar-refractivity contribution in [1.29, 1.82) is 0 Å². The summed E-state index contributed by atoms with van der Waals surface area (Å²) in [6, 6.07) is 7.69. The van der Waals surface area contributed by atoms with Gasteiger partial charge in [0.25, 0.3) is 17.7 Å². The molecule has 2 heterocycles. The summed E-state index contributed by atoms with van der Waals surface area (Å²) >= 11 is 5.82. The summed E-state index contributed by atoms with van der Waals surface area (Å²) in [6.07, 6.45) is 4.35. The van der Waals surface area contributed by atoms with E-state index in [1.54, 1.807) is 30.7 Å². The van der Waals surface area contributed by atoms with Crippen LogP contribution in [-0.4, -0.2) is 32.3 Å². The van der Waals surface area contributed by atoms with E-state index in [2.05, 4.69) is 26.1 Å². The predicted molar refractivity (Wildman–Crippen MR) is 107 cm³/mol. The van der Waals surface area contributed by atoms with Crippen LogP contribution in [-0.2, 0) is 7.05 Å². The summed E-state index contributed by atoms with van der Waals surface area (Å²) in [7, 11) is 1.70. The number of imidazole rings is 1. The number of anilines is 1. The molecule has 0 aliphatic heterocycles. The number of aromatic nitrogens is 3. The number of benzene rings is 1. The maximum atomic E-state index is 12.4. The third-order valence-corrected chi connectivity index (χ3v) is 4.28. The second kappa shape index (κ2) is 8.53. The first-order valence-corrected chi connectivity index (χ1v) is 8.83. The highest BCUT2D eigenvalue weighted by atomic mass is 35.5. The van der Waals surface area contributed by atoms with Gasteiger partial charge in [-0.25, -0.2) is 4.98 Å². The highest BCUT2D eigenvalue weighted by Crippen LogP contribution is 2.18. The van der Waals surface area contributed by atoms with Crippen LogP contribution in [0.5, 0.6) is 0 Å². The number of hydrazine groups is 1. The van der Waals surface area contributed by atoms with Gasteiger partial charge in [-0.2, -0.15) is 0 Å². The number of amides is 3. The van der Waals surface area contributed by atoms with Gasteiger partial charge < -0.3 is 9.88 Å². The molecule has 0 unspecified atom stereocenters. The van der Waals surface area contributed by atoms with Crippen molar-refractivity contribution in [2.75, 3.05) is 5.32 Å². The van der Waals surface area contributed by atoms with Crippen molar-refractivity contribution in [2.45, 2.75) is 6.92 Å². The first-order valence-electron chi connectivity index (χ1n) is 8.45. The number of hydrogen-bond acceptors (Lipinski definition) is 5. The summed E-state index contributed by atoms with van der Waals surface area (Å²) in [4.78, 5) is 44.6. The monoisotopic (exact) mass is 412 g/mol. The Morgan fingerprint density at radius 3 is 2.48 bits per heavy atom. The SMILES string of the molecule is Cc1ccc(C(=O)NNC(=O)c2cc(Cl)ccn2)cc1NC(=O)c1cncn1C. The van der Waals surface area contributed by atoms with Crippen molar-refractivity contribution >= 4 is 35.0 Å². The highest BCUT2D eigenvalue weighted by molar-refractivity contribution is 6.30. The summed E-state index contributed by atoms with van der Waals surface area (Å²) in [6.45, 7) is 1.80. The molecule has 10 heteroatoms. The van der Waals surface area contributed by atoms with Gasteiger partial charge in [0.15, 0.2) is 0 Å². The lowest BCUT2D eigenvalue weighted by atomic mass is 10.1. The van der Waals surface area contributed by atoms with Gasteiger partial charge >= 0.3 is 0 Å². The van der Waals surface area contributed by atoms with Crippen LogP contribution in [0.1, 0.15) is 36.9 Å². The van der Waals surface area contributed by atoms with Crippen LogP contribution in [0, 0.1) is 6.92 Å². The second-order valence-electron chi connectivity index (χ2n) is 6.14. The van der Waals surface area contributed by atoms with Crippen LogP contribution >= 0.6 is 11.6 Å². The Morgan fingerprint density at radius 1 is 1.03 bits per heavy atom. The standard InChI is InChI=1S/C19H17ClN6O3/c1-11-3-4-12(7-14(11)23-19(29)16-9-21-10-26(16)2)17(27)24-25-18(28)15-8-13(20)5-6-22-15/h3-10H,1-2H3,(H,23,29)(H,24,27)(H,25,28). The van der Waals surface area contributed by atoms with E-state index >= 15 is 0 Å². The molecular weight excluding hydrogens is 396 g/mol. The predicted octanol–water partition coefficient (Wildman–Crippen LogP) is 2.10. The van der Waals surface area contributed by atoms with Gasteiger partial charge in [0.1, 0.15) is 11.4 Å². The molecule has 148 valence electrons. The molecule has 3 aromatic rings. The van der Waals surface area contributed by atoms with E-state index in [4.69, 9.17) is 11.6 Å². The van der Waals surface area contributed by atoms with Gasteiger partial charge in [0, 0.05) is 29.5 Å². The molecule has 2 aromatic heterocycles. The quantitative estimate of drug-likeness (QED) is 0.567. The first kappa shape index (κ1) is 20.0. The Kier molecular flexibility index (Phi) is 5.89. The smallest absolute Gasteiger partial charge is 0.288 e. The van der Waals surface area contributed by atoms with Gasteiger partial charge in [-0.3, -0.25) is 30.2 Å². The maximum absolute atomic E-state index is 12.4. The van der Waals surface area contributed by atoms with Gasteiger partial charge in [-0.05, 0) is 36.8 Å². The number of halogens is 1. The molecule has 0 aliphatic rings. The maximum Gasteiger partial charge on any atom is 0.288 e. The molecule has 0 bridgehead atoms. The average molecular weight is 413 g/mol. The third-order valence-electron chi connectivity index (χ3n) is 4.04. The number of pyridine rings is 1. The first-order chi connectivity index (χ1) is 13.8. The lowest BCUT2D eigenvalue weighted by molar-refractivity contribution is 0.0844. The van der Waals surface area contributed by atoms with E-state index in [-0.39, 0.29) is 17.2 Å². The van der Waals surface area contributed by atoms with E-state index in [1.807, 2.05) is 0 Å². The van der Waals surface area contributed by atoms with E-state index in [1.165, 1.54) is 36.9 Å². The Morgan fingerprint density at radius 2 is 1.79 bits per heavy atom. The molecule has 0 aliphatic carbocycles. The number of nitrogens with one attached hydrogen (secondary N) is 3. The van der Waals surface area contributed by atoms with Gasteiger partial charge in [0.2, 0.25) is 0 Å². The van der Waals surface area contributed by atoms with E-state index in [0.717, 1.165) is 5.56 Å². The van der Waals surface area contributed by atoms with E-state index in [0.29, 0.717) is 16.4 Å². The van der Waals surface area contributed by atoms with Gasteiger partial charge in [-0.15, -0.1) is 0 Å². The fourth-order valence-corrected chi connectivity index (χ4v) is 2.60. The van der Waals surface area contributed by atoms with Crippen molar-refractivity contribution < 1.29 is 14.4 Å². The van der Waals surface area contributed by atoms with E-state index in [9.17, 15) is 14.4 Å². The molecule has 0 saturated heterocycles. The van der Waals surface area contributed by atoms with Crippen LogP contribution in [0.3, 0.4) is 0 Å². The Bertz CT molecular complexity index is 1100. The molecule has 3 N–H and O–H groups in total. The van der Waals surface area contributed by atoms with Crippen LogP contribution < -0.4 is 16.2 Å². The van der Waals surface area contributed by atoms with Gasteiger partial charge in [0.05, 0.1) is 12.5 Å². The van der Waals surface area contributed by atoms with Crippen molar-refractivity contribution in [3.05, 3.63) is 76.6 Å². The zero-order valence-electron chi connectivity index (χ0n) is 15.6. The number of nitrogens with zero attached hydrogens (tertiary/aromatic N) is 3. The molecule has 0 atom stereocenters. The van der Waals surface area contributed by atoms with Crippen molar-refractivity contribution in [3.8, 4) is 0 Å². The summed E-state index contributed by atoms with van der Waals surface area (Å²) < 4.78 is 1.58. The molecule has 0 radical (unpaired) electrons. The normalized spacial score (nSPS) is 10.3. The van der Waals surface area contributed by atoms with Crippen molar-refractivity contribution in [2.24, 2.45) is 7.05 Å². The Hall–Kier alpha value is -3.72. The number of carbonyl (C=O) groups is 3. The Labute approximate surface area is 171 Å². The molecule has 0 fully saturated rings. The van der Waals surface area contributed by atoms with Crippen LogP contribution in [0.2, 0.25) is 5.02 Å². The molecule has 0 saturated carbocycles. The zero-order chi connectivity index (χ0) is 21.0. The summed E-state index contributed by atoms with van der Waals surface area (Å²) in [5.74, 6) is -1.53. The molecular formula is C19H17ClN6O3. The molecule has 29 heavy (non-hydrogen) atoms. The fraction of sp³-hybridized carbons (Fsp3) is 0.105. The fourth-order valence-electron chi connectivity index (χ4n) is 2.44. The number of aryl methyl sites for hydroxylation is 2. The number of carbonyl (C=O) groups excluding carboxylic acids is 3. The minimum Gasteiger partial charge on any atom is -0.330 e. The number of hydrogen-bond donors (Lipinski definition) is 3. The Balaban J connectivity index is 1.68. The molecule has 9 nitrogen and oxygen atoms in total. The average Bonchev–Trinajstić information content (AvgIpc) is 3.13. The summed E-state index contributed by atoms with van der Waals surface area (Å²) in [5, 5.41) is 3.10. The third kappa shape index (κ3) is 4.77. The number of rotatable bonds is 4. The zero-order valence-corrected chi connectivity index (χ0v) is 16.3. The molecule has 0 spiro atoms. The van der Waals surface area contributed by atoms with Crippen LogP contribution in [0.25, 0.3) is 0 Å².